The zero-order valence-electron chi connectivity index (χ0n) is 14.0. The summed E-state index contributed by atoms with van der Waals surface area (Å²) in [6.07, 6.45) is 3.53. The summed E-state index contributed by atoms with van der Waals surface area (Å²) in [6, 6.07) is 7.48. The summed E-state index contributed by atoms with van der Waals surface area (Å²) in [5.74, 6) is 1.10. The average molecular weight is 327 g/mol. The van der Waals surface area contributed by atoms with E-state index in [0.717, 1.165) is 31.6 Å². The second-order valence-electron chi connectivity index (χ2n) is 5.75. The number of hydrogen-bond acceptors (Lipinski definition) is 7. The predicted octanol–water partition coefficient (Wildman–Crippen LogP) is 2.82. The maximum absolute atomic E-state index is 11.3. The van der Waals surface area contributed by atoms with Crippen LogP contribution in [0.3, 0.4) is 0 Å². The quantitative estimate of drug-likeness (QED) is 0.846. The monoisotopic (exact) mass is 327 g/mol. The first-order valence-electron chi connectivity index (χ1n) is 8.09. The Labute approximate surface area is 141 Å². The summed E-state index contributed by atoms with van der Waals surface area (Å²) in [7, 11) is 1.54. The van der Waals surface area contributed by atoms with Crippen molar-refractivity contribution in [3.8, 4) is 6.01 Å². The minimum atomic E-state index is 0.0377. The maximum Gasteiger partial charge on any atom is 0.322 e. The van der Waals surface area contributed by atoms with Gasteiger partial charge in [0.2, 0.25) is 11.9 Å². The number of methoxy groups -OCH3 is 1. The molecule has 1 aromatic carbocycles. The molecule has 1 fully saturated rings. The first-order chi connectivity index (χ1) is 11.7. The van der Waals surface area contributed by atoms with Crippen LogP contribution in [0.1, 0.15) is 36.5 Å². The molecule has 0 bridgehead atoms. The number of carbonyl (C=O) groups excluding carboxylic acids is 1. The van der Waals surface area contributed by atoms with Gasteiger partial charge in [-0.3, -0.25) is 4.79 Å². The van der Waals surface area contributed by atoms with E-state index < -0.39 is 0 Å². The van der Waals surface area contributed by atoms with E-state index in [-0.39, 0.29) is 11.8 Å². The van der Waals surface area contributed by atoms with E-state index in [9.17, 15) is 4.79 Å². The van der Waals surface area contributed by atoms with Gasteiger partial charge in [0.1, 0.15) is 0 Å². The summed E-state index contributed by atoms with van der Waals surface area (Å²) in [4.78, 5) is 26.6. The highest BCUT2D eigenvalue weighted by atomic mass is 16.5. The molecular formula is C17H21N5O2. The van der Waals surface area contributed by atoms with Gasteiger partial charge in [-0.15, -0.1) is 0 Å². The largest absolute Gasteiger partial charge is 0.467 e. The van der Waals surface area contributed by atoms with Gasteiger partial charge in [-0.25, -0.2) is 0 Å². The molecule has 24 heavy (non-hydrogen) atoms. The Morgan fingerprint density at radius 3 is 2.42 bits per heavy atom. The van der Waals surface area contributed by atoms with Crippen molar-refractivity contribution in [2.24, 2.45) is 0 Å². The van der Waals surface area contributed by atoms with Crippen LogP contribution in [0.2, 0.25) is 0 Å². The number of nitrogens with zero attached hydrogens (tertiary/aromatic N) is 4. The van der Waals surface area contributed by atoms with E-state index in [1.165, 1.54) is 6.42 Å². The van der Waals surface area contributed by atoms with Crippen LogP contribution in [0, 0.1) is 0 Å². The van der Waals surface area contributed by atoms with E-state index in [0.29, 0.717) is 17.5 Å². The van der Waals surface area contributed by atoms with Crippen molar-refractivity contribution in [3.63, 3.8) is 0 Å². The Morgan fingerprint density at radius 1 is 1.08 bits per heavy atom. The molecule has 2 heterocycles. The third-order valence-corrected chi connectivity index (χ3v) is 3.97. The Morgan fingerprint density at radius 2 is 1.79 bits per heavy atom. The van der Waals surface area contributed by atoms with Crippen molar-refractivity contribution in [2.75, 3.05) is 30.4 Å². The van der Waals surface area contributed by atoms with Crippen molar-refractivity contribution in [2.45, 2.75) is 26.2 Å². The zero-order valence-corrected chi connectivity index (χ0v) is 14.0. The molecular weight excluding hydrogens is 306 g/mol. The average Bonchev–Trinajstić information content (AvgIpc) is 2.62. The molecule has 0 amide bonds. The van der Waals surface area contributed by atoms with Crippen LogP contribution in [0.5, 0.6) is 6.01 Å². The van der Waals surface area contributed by atoms with Gasteiger partial charge >= 0.3 is 6.01 Å². The number of piperidine rings is 1. The number of rotatable bonds is 5. The van der Waals surface area contributed by atoms with Gasteiger partial charge in [0.05, 0.1) is 7.11 Å². The number of Topliss-reactive ketones (excluding diaryl/α,β-unsaturated/α-hetero) is 1. The van der Waals surface area contributed by atoms with E-state index in [2.05, 4.69) is 25.2 Å². The fourth-order valence-corrected chi connectivity index (χ4v) is 2.65. The van der Waals surface area contributed by atoms with Crippen molar-refractivity contribution in [3.05, 3.63) is 29.8 Å². The Hall–Kier alpha value is -2.70. The fourth-order valence-electron chi connectivity index (χ4n) is 2.65. The van der Waals surface area contributed by atoms with Crippen LogP contribution in [-0.4, -0.2) is 40.9 Å². The molecule has 3 rings (SSSR count). The van der Waals surface area contributed by atoms with Gasteiger partial charge in [-0.1, -0.05) is 0 Å². The lowest BCUT2D eigenvalue weighted by molar-refractivity contribution is 0.101. The number of ether oxygens (including phenoxy) is 1. The number of carbonyl (C=O) groups is 1. The summed E-state index contributed by atoms with van der Waals surface area (Å²) in [6.45, 7) is 3.43. The Kier molecular flexibility index (Phi) is 4.88. The molecule has 0 saturated carbocycles. The second-order valence-corrected chi connectivity index (χ2v) is 5.75. The van der Waals surface area contributed by atoms with Gasteiger partial charge < -0.3 is 15.0 Å². The van der Waals surface area contributed by atoms with E-state index in [1.54, 1.807) is 26.2 Å². The van der Waals surface area contributed by atoms with Gasteiger partial charge in [-0.2, -0.15) is 15.0 Å². The van der Waals surface area contributed by atoms with Crippen LogP contribution in [-0.2, 0) is 0 Å². The number of aromatic nitrogens is 3. The third-order valence-electron chi connectivity index (χ3n) is 3.97. The number of anilines is 3. The lowest BCUT2D eigenvalue weighted by Crippen LogP contribution is -2.31. The van der Waals surface area contributed by atoms with Crippen LogP contribution in [0.25, 0.3) is 0 Å². The zero-order chi connectivity index (χ0) is 16.9. The molecule has 7 heteroatoms. The standard InChI is InChI=1S/C17H21N5O2/c1-12(23)13-6-8-14(9-7-13)18-15-19-16(21-17(20-15)24-2)22-10-4-3-5-11-22/h6-9H,3-5,10-11H2,1-2H3,(H,18,19,20,21). The topological polar surface area (TPSA) is 80.2 Å². The molecule has 0 unspecified atom stereocenters. The summed E-state index contributed by atoms with van der Waals surface area (Å²) in [5.41, 5.74) is 1.47. The lowest BCUT2D eigenvalue weighted by Gasteiger charge is -2.26. The summed E-state index contributed by atoms with van der Waals surface area (Å²) in [5, 5.41) is 3.14. The van der Waals surface area contributed by atoms with Crippen LogP contribution in [0.4, 0.5) is 17.6 Å². The number of benzene rings is 1. The molecule has 1 aliphatic heterocycles. The normalized spacial score (nSPS) is 14.3. The maximum atomic E-state index is 11.3. The van der Waals surface area contributed by atoms with Crippen LogP contribution in [0.15, 0.2) is 24.3 Å². The molecule has 1 aliphatic rings. The lowest BCUT2D eigenvalue weighted by atomic mass is 10.1. The number of hydrogen-bond donors (Lipinski definition) is 1. The van der Waals surface area contributed by atoms with Crippen molar-refractivity contribution in [1.82, 2.24) is 15.0 Å². The molecule has 0 radical (unpaired) electrons. The highest BCUT2D eigenvalue weighted by molar-refractivity contribution is 5.94. The van der Waals surface area contributed by atoms with E-state index in [4.69, 9.17) is 4.74 Å². The molecule has 1 aromatic heterocycles. The molecule has 0 atom stereocenters. The third kappa shape index (κ3) is 3.79. The molecule has 0 aliphatic carbocycles. The van der Waals surface area contributed by atoms with Crippen molar-refractivity contribution in [1.29, 1.82) is 0 Å². The first kappa shape index (κ1) is 16.2. The first-order valence-corrected chi connectivity index (χ1v) is 8.09. The number of ketones is 1. The van der Waals surface area contributed by atoms with E-state index >= 15 is 0 Å². The SMILES string of the molecule is COc1nc(Nc2ccc(C(C)=O)cc2)nc(N2CCCCC2)n1. The fraction of sp³-hybridized carbons (Fsp3) is 0.412. The van der Waals surface area contributed by atoms with Gasteiger partial charge in [0.15, 0.2) is 5.78 Å². The molecule has 7 nitrogen and oxygen atoms in total. The summed E-state index contributed by atoms with van der Waals surface area (Å²) >= 11 is 0. The Balaban J connectivity index is 1.82. The van der Waals surface area contributed by atoms with Crippen molar-refractivity contribution >= 4 is 23.4 Å². The molecule has 126 valence electrons. The molecule has 0 spiro atoms. The second kappa shape index (κ2) is 7.25. The minimum Gasteiger partial charge on any atom is -0.467 e. The van der Waals surface area contributed by atoms with Crippen molar-refractivity contribution < 1.29 is 9.53 Å². The Bertz CT molecular complexity index is 711. The minimum absolute atomic E-state index is 0.0377. The van der Waals surface area contributed by atoms with Gasteiger partial charge in [0, 0.05) is 24.3 Å². The van der Waals surface area contributed by atoms with Crippen LogP contribution < -0.4 is 15.0 Å². The highest BCUT2D eigenvalue weighted by Gasteiger charge is 2.16. The van der Waals surface area contributed by atoms with Gasteiger partial charge in [0.25, 0.3) is 0 Å². The smallest absolute Gasteiger partial charge is 0.322 e. The molecule has 2 aromatic rings. The highest BCUT2D eigenvalue weighted by Crippen LogP contribution is 2.21. The summed E-state index contributed by atoms with van der Waals surface area (Å²) < 4.78 is 5.20. The molecule has 1 N–H and O–H groups in total. The predicted molar refractivity (Wildman–Crippen MR) is 92.2 cm³/mol. The van der Waals surface area contributed by atoms with Gasteiger partial charge in [-0.05, 0) is 50.5 Å². The molecule has 1 saturated heterocycles. The van der Waals surface area contributed by atoms with E-state index in [1.807, 2.05) is 12.1 Å². The number of nitrogens with one attached hydrogen (secondary N) is 1. The van der Waals surface area contributed by atoms with Crippen LogP contribution >= 0.6 is 0 Å².